The lowest BCUT2D eigenvalue weighted by molar-refractivity contribution is -0.0427. The van der Waals surface area contributed by atoms with Crippen molar-refractivity contribution in [1.29, 1.82) is 0 Å². The van der Waals surface area contributed by atoms with E-state index in [1.54, 1.807) is 6.92 Å². The summed E-state index contributed by atoms with van der Waals surface area (Å²) in [6.07, 6.45) is 2.23. The van der Waals surface area contributed by atoms with Gasteiger partial charge in [0.05, 0.1) is 4.91 Å². The van der Waals surface area contributed by atoms with Crippen molar-refractivity contribution in [2.24, 2.45) is 0 Å². The van der Waals surface area contributed by atoms with E-state index in [1.165, 1.54) is 6.08 Å². The average molecular weight is 212 g/mol. The molecule has 6 heteroatoms. The Morgan fingerprint density at radius 3 is 2.15 bits per heavy atom. The lowest BCUT2D eigenvalue weighted by atomic mass is 10.3. The molecular weight excluding hydrogens is 205 g/mol. The summed E-state index contributed by atoms with van der Waals surface area (Å²) in [5.41, 5.74) is -4.57. The summed E-state index contributed by atoms with van der Waals surface area (Å²) in [5.74, 6) is 0. The number of rotatable bonds is 1. The largest absolute Gasteiger partial charge is 0.501 e. The summed E-state index contributed by atoms with van der Waals surface area (Å²) < 4.78 is 57.4. The Morgan fingerprint density at radius 2 is 1.85 bits per heavy atom. The minimum atomic E-state index is -5.18. The van der Waals surface area contributed by atoms with E-state index in [1.807, 2.05) is 0 Å². The normalized spacial score (nSPS) is 18.5. The third-order valence-electron chi connectivity index (χ3n) is 1.66. The molecule has 0 aromatic rings. The zero-order valence-corrected chi connectivity index (χ0v) is 7.54. The van der Waals surface area contributed by atoms with E-state index in [9.17, 15) is 21.6 Å². The van der Waals surface area contributed by atoms with Crippen molar-refractivity contribution in [3.63, 3.8) is 0 Å². The Kier molecular flexibility index (Phi) is 2.27. The van der Waals surface area contributed by atoms with E-state index >= 15 is 0 Å². The molecule has 0 saturated carbocycles. The van der Waals surface area contributed by atoms with Crippen LogP contribution in [0.2, 0.25) is 0 Å². The molecule has 2 nitrogen and oxygen atoms in total. The number of hydrogen-bond donors (Lipinski definition) is 0. The molecule has 0 saturated heterocycles. The van der Waals surface area contributed by atoms with Crippen LogP contribution in [-0.2, 0) is 9.84 Å². The fourth-order valence-electron chi connectivity index (χ4n) is 0.961. The number of sulfone groups is 1. The highest BCUT2D eigenvalue weighted by molar-refractivity contribution is 7.96. The lowest BCUT2D eigenvalue weighted by Gasteiger charge is -2.08. The van der Waals surface area contributed by atoms with Gasteiger partial charge in [-0.1, -0.05) is 11.6 Å². The van der Waals surface area contributed by atoms with Gasteiger partial charge >= 0.3 is 5.51 Å². The topological polar surface area (TPSA) is 34.1 Å². The van der Waals surface area contributed by atoms with E-state index in [0.29, 0.717) is 5.57 Å². The molecule has 0 heterocycles. The maximum absolute atomic E-state index is 12.0. The van der Waals surface area contributed by atoms with Crippen molar-refractivity contribution < 1.29 is 21.6 Å². The summed E-state index contributed by atoms with van der Waals surface area (Å²) in [6.45, 7) is 1.58. The summed E-state index contributed by atoms with van der Waals surface area (Å²) in [5, 5.41) is 0. The SMILES string of the molecule is CC1=CC=C(S(=O)(=O)C(F)(F)F)C1. The van der Waals surface area contributed by atoms with Gasteiger partial charge in [0.2, 0.25) is 0 Å². The molecule has 74 valence electrons. The van der Waals surface area contributed by atoms with E-state index in [4.69, 9.17) is 0 Å². The van der Waals surface area contributed by atoms with Gasteiger partial charge < -0.3 is 0 Å². The van der Waals surface area contributed by atoms with Gasteiger partial charge in [-0.3, -0.25) is 0 Å². The molecule has 0 amide bonds. The Morgan fingerprint density at radius 1 is 1.31 bits per heavy atom. The van der Waals surface area contributed by atoms with Crippen LogP contribution in [0, 0.1) is 0 Å². The molecule has 1 rings (SSSR count). The van der Waals surface area contributed by atoms with Crippen LogP contribution in [0.1, 0.15) is 13.3 Å². The first kappa shape index (κ1) is 10.3. The molecule has 0 bridgehead atoms. The maximum Gasteiger partial charge on any atom is 0.501 e. The minimum Gasteiger partial charge on any atom is -0.215 e. The fraction of sp³-hybridized carbons (Fsp3) is 0.429. The van der Waals surface area contributed by atoms with Gasteiger partial charge in [0.1, 0.15) is 0 Å². The quantitative estimate of drug-likeness (QED) is 0.667. The summed E-state index contributed by atoms with van der Waals surface area (Å²) in [4.78, 5) is -0.572. The van der Waals surface area contributed by atoms with Gasteiger partial charge in [0, 0.05) is 6.42 Å². The molecule has 1 aliphatic rings. The summed E-state index contributed by atoms with van der Waals surface area (Å²) in [6, 6.07) is 0. The molecular formula is C7H7F3O2S. The fourth-order valence-corrected chi connectivity index (χ4v) is 1.92. The van der Waals surface area contributed by atoms with Gasteiger partial charge in [-0.15, -0.1) is 0 Å². The Labute approximate surface area is 73.7 Å². The van der Waals surface area contributed by atoms with Gasteiger partial charge in [0.25, 0.3) is 9.84 Å². The molecule has 13 heavy (non-hydrogen) atoms. The highest BCUT2D eigenvalue weighted by atomic mass is 32.2. The second-order valence-corrected chi connectivity index (χ2v) is 4.77. The Bertz CT molecular complexity index is 373. The van der Waals surface area contributed by atoms with Crippen molar-refractivity contribution in [2.75, 3.05) is 0 Å². The molecule has 0 aromatic heterocycles. The van der Waals surface area contributed by atoms with Crippen LogP contribution in [0.15, 0.2) is 22.6 Å². The first-order valence-corrected chi connectivity index (χ1v) is 4.91. The molecule has 1 aliphatic carbocycles. The van der Waals surface area contributed by atoms with Crippen molar-refractivity contribution in [3.8, 4) is 0 Å². The summed E-state index contributed by atoms with van der Waals surface area (Å²) >= 11 is 0. The number of allylic oxidation sites excluding steroid dienone is 4. The van der Waals surface area contributed by atoms with E-state index in [0.717, 1.165) is 6.08 Å². The van der Waals surface area contributed by atoms with Crippen molar-refractivity contribution >= 4 is 9.84 Å². The van der Waals surface area contributed by atoms with Crippen LogP contribution in [0.5, 0.6) is 0 Å². The smallest absolute Gasteiger partial charge is 0.215 e. The molecule has 0 unspecified atom stereocenters. The Balaban J connectivity index is 3.00. The van der Waals surface area contributed by atoms with Crippen molar-refractivity contribution in [2.45, 2.75) is 18.9 Å². The third kappa shape index (κ3) is 1.77. The highest BCUT2D eigenvalue weighted by Crippen LogP contribution is 2.34. The van der Waals surface area contributed by atoms with Gasteiger partial charge in [0.15, 0.2) is 0 Å². The highest BCUT2D eigenvalue weighted by Gasteiger charge is 2.48. The van der Waals surface area contributed by atoms with Crippen molar-refractivity contribution in [1.82, 2.24) is 0 Å². The van der Waals surface area contributed by atoms with Crippen LogP contribution < -0.4 is 0 Å². The number of alkyl halides is 3. The van der Waals surface area contributed by atoms with Crippen LogP contribution in [-0.4, -0.2) is 13.9 Å². The second-order valence-electron chi connectivity index (χ2n) is 2.77. The van der Waals surface area contributed by atoms with Gasteiger partial charge in [-0.05, 0) is 13.0 Å². The first-order chi connectivity index (χ1) is 5.75. The molecule has 0 atom stereocenters. The van der Waals surface area contributed by atoms with Crippen LogP contribution in [0.25, 0.3) is 0 Å². The predicted molar refractivity (Wildman–Crippen MR) is 41.4 cm³/mol. The Hall–Kier alpha value is -0.780. The average Bonchev–Trinajstić information content (AvgIpc) is 2.33. The number of halogens is 3. The second kappa shape index (κ2) is 2.87. The van der Waals surface area contributed by atoms with E-state index in [-0.39, 0.29) is 6.42 Å². The minimum absolute atomic E-state index is 0.137. The lowest BCUT2D eigenvalue weighted by Crippen LogP contribution is -2.24. The molecule has 0 radical (unpaired) electrons. The summed E-state index contributed by atoms with van der Waals surface area (Å²) in [7, 11) is -5.10. The van der Waals surface area contributed by atoms with Crippen LogP contribution in [0.4, 0.5) is 13.2 Å². The van der Waals surface area contributed by atoms with Gasteiger partial charge in [-0.25, -0.2) is 8.42 Å². The molecule has 0 fully saturated rings. The van der Waals surface area contributed by atoms with E-state index in [2.05, 4.69) is 0 Å². The predicted octanol–water partition coefficient (Wildman–Crippen LogP) is 2.15. The number of hydrogen-bond acceptors (Lipinski definition) is 2. The standard InChI is InChI=1S/C7H7F3O2S/c1-5-2-3-6(4-5)13(11,12)7(8,9)10/h2-3H,4H2,1H3. The van der Waals surface area contributed by atoms with Crippen molar-refractivity contribution in [3.05, 3.63) is 22.6 Å². The zero-order chi connectivity index (χ0) is 10.3. The third-order valence-corrected chi connectivity index (χ3v) is 3.24. The zero-order valence-electron chi connectivity index (χ0n) is 6.72. The van der Waals surface area contributed by atoms with Crippen LogP contribution in [0.3, 0.4) is 0 Å². The molecule has 0 spiro atoms. The molecule has 0 aromatic carbocycles. The monoisotopic (exact) mass is 212 g/mol. The van der Waals surface area contributed by atoms with E-state index < -0.39 is 20.3 Å². The molecule has 0 N–H and O–H groups in total. The van der Waals surface area contributed by atoms with Gasteiger partial charge in [-0.2, -0.15) is 13.2 Å². The molecule has 0 aliphatic heterocycles. The maximum atomic E-state index is 12.0. The first-order valence-electron chi connectivity index (χ1n) is 3.43. The van der Waals surface area contributed by atoms with Crippen LogP contribution >= 0.6 is 0 Å².